The molecule has 1 heterocycles. The zero-order chi connectivity index (χ0) is 18.5. The van der Waals surface area contributed by atoms with Gasteiger partial charge in [0.05, 0.1) is 21.1 Å². The van der Waals surface area contributed by atoms with E-state index in [1.165, 1.54) is 0 Å². The number of imidazole rings is 1. The summed E-state index contributed by atoms with van der Waals surface area (Å²) in [5.41, 5.74) is 3.13. The smallest absolute Gasteiger partial charge is 0.219 e. The molecule has 2 aromatic carbocycles. The van der Waals surface area contributed by atoms with Crippen LogP contribution < -0.4 is 5.32 Å². The van der Waals surface area contributed by atoms with E-state index in [9.17, 15) is 4.79 Å². The third kappa shape index (κ3) is 4.37. The zero-order valence-electron chi connectivity index (χ0n) is 14.6. The Labute approximate surface area is 163 Å². The van der Waals surface area contributed by atoms with Gasteiger partial charge in [0.1, 0.15) is 5.82 Å². The second kappa shape index (κ2) is 8.56. The van der Waals surface area contributed by atoms with E-state index < -0.39 is 0 Å². The molecule has 26 heavy (non-hydrogen) atoms. The molecule has 0 aliphatic heterocycles. The number of carbonyl (C=O) groups excluding carboxylic acids is 1. The van der Waals surface area contributed by atoms with Crippen molar-refractivity contribution >= 4 is 40.1 Å². The summed E-state index contributed by atoms with van der Waals surface area (Å²) < 4.78 is 2.20. The van der Waals surface area contributed by atoms with Crippen molar-refractivity contribution in [1.82, 2.24) is 14.9 Å². The van der Waals surface area contributed by atoms with Crippen molar-refractivity contribution in [2.75, 3.05) is 6.54 Å². The summed E-state index contributed by atoms with van der Waals surface area (Å²) >= 11 is 12.2. The number of carbonyl (C=O) groups is 1. The third-order valence-corrected chi connectivity index (χ3v) is 5.02. The first-order valence-electron chi connectivity index (χ1n) is 8.73. The SMILES string of the molecule is CCC(=O)NCCCc1nc2ccccc2n1Cc1ccc(Cl)c(Cl)c1. The number of nitrogens with zero attached hydrogens (tertiary/aromatic N) is 2. The Hall–Kier alpha value is -2.04. The van der Waals surface area contributed by atoms with Crippen LogP contribution >= 0.6 is 23.2 Å². The van der Waals surface area contributed by atoms with Crippen molar-refractivity contribution in [1.29, 1.82) is 0 Å². The van der Waals surface area contributed by atoms with Crippen molar-refractivity contribution in [2.24, 2.45) is 0 Å². The highest BCUT2D eigenvalue weighted by atomic mass is 35.5. The van der Waals surface area contributed by atoms with Crippen LogP contribution in [0.4, 0.5) is 0 Å². The lowest BCUT2D eigenvalue weighted by Gasteiger charge is -2.11. The number of hydrogen-bond donors (Lipinski definition) is 1. The van der Waals surface area contributed by atoms with Crippen LogP contribution in [0.15, 0.2) is 42.5 Å². The Kier molecular flexibility index (Phi) is 6.17. The Morgan fingerprint density at radius 1 is 1.15 bits per heavy atom. The second-order valence-corrected chi connectivity index (χ2v) is 6.97. The molecule has 0 fully saturated rings. The van der Waals surface area contributed by atoms with Crippen LogP contribution in [0.5, 0.6) is 0 Å². The number of aryl methyl sites for hydroxylation is 1. The number of rotatable bonds is 7. The Bertz CT molecular complexity index is 921. The van der Waals surface area contributed by atoms with Crippen LogP contribution in [-0.2, 0) is 17.8 Å². The first kappa shape index (κ1) is 18.7. The van der Waals surface area contributed by atoms with E-state index in [-0.39, 0.29) is 5.91 Å². The number of nitrogens with one attached hydrogen (secondary N) is 1. The summed E-state index contributed by atoms with van der Waals surface area (Å²) in [7, 11) is 0. The molecule has 136 valence electrons. The Balaban J connectivity index is 1.82. The summed E-state index contributed by atoms with van der Waals surface area (Å²) in [5.74, 6) is 1.08. The molecule has 0 aliphatic carbocycles. The van der Waals surface area contributed by atoms with Gasteiger partial charge in [0.2, 0.25) is 5.91 Å². The molecule has 0 unspecified atom stereocenters. The highest BCUT2D eigenvalue weighted by molar-refractivity contribution is 6.42. The fraction of sp³-hybridized carbons (Fsp3) is 0.300. The molecule has 0 spiro atoms. The maximum atomic E-state index is 11.4. The summed E-state index contributed by atoms with van der Waals surface area (Å²) in [6, 6.07) is 13.8. The van der Waals surface area contributed by atoms with E-state index >= 15 is 0 Å². The number of benzene rings is 2. The van der Waals surface area contributed by atoms with Crippen LogP contribution in [0.3, 0.4) is 0 Å². The van der Waals surface area contributed by atoms with Gasteiger partial charge in [0.15, 0.2) is 0 Å². The van der Waals surface area contributed by atoms with Crippen LogP contribution in [0.2, 0.25) is 10.0 Å². The first-order valence-corrected chi connectivity index (χ1v) is 9.49. The predicted octanol–water partition coefficient (Wildman–Crippen LogP) is 4.85. The molecule has 6 heteroatoms. The lowest BCUT2D eigenvalue weighted by Crippen LogP contribution is -2.23. The molecule has 1 amide bonds. The lowest BCUT2D eigenvalue weighted by atomic mass is 10.2. The van der Waals surface area contributed by atoms with Gasteiger partial charge < -0.3 is 9.88 Å². The second-order valence-electron chi connectivity index (χ2n) is 6.16. The molecule has 1 aromatic heterocycles. The van der Waals surface area contributed by atoms with Crippen molar-refractivity contribution in [3.05, 3.63) is 63.9 Å². The van der Waals surface area contributed by atoms with Crippen molar-refractivity contribution in [3.8, 4) is 0 Å². The van der Waals surface area contributed by atoms with Crippen LogP contribution in [0, 0.1) is 0 Å². The fourth-order valence-electron chi connectivity index (χ4n) is 2.91. The molecular formula is C20H21Cl2N3O. The topological polar surface area (TPSA) is 46.9 Å². The standard InChI is InChI=1S/C20H21Cl2N3O/c1-2-20(26)23-11-5-8-19-24-17-6-3-4-7-18(17)25(19)13-14-9-10-15(21)16(22)12-14/h3-4,6-7,9-10,12H,2,5,8,11,13H2,1H3,(H,23,26). The number of halogens is 2. The van der Waals surface area contributed by atoms with Gasteiger partial charge in [-0.1, -0.05) is 48.3 Å². The van der Waals surface area contributed by atoms with Gasteiger partial charge in [-0.3, -0.25) is 4.79 Å². The van der Waals surface area contributed by atoms with Crippen molar-refractivity contribution < 1.29 is 4.79 Å². The lowest BCUT2D eigenvalue weighted by molar-refractivity contribution is -0.120. The highest BCUT2D eigenvalue weighted by Gasteiger charge is 2.11. The van der Waals surface area contributed by atoms with E-state index in [4.69, 9.17) is 28.2 Å². The first-order chi connectivity index (χ1) is 12.6. The van der Waals surface area contributed by atoms with Gasteiger partial charge in [-0.05, 0) is 36.2 Å². The molecule has 0 saturated carbocycles. The molecule has 3 aromatic rings. The maximum Gasteiger partial charge on any atom is 0.219 e. The van der Waals surface area contributed by atoms with Gasteiger partial charge in [0, 0.05) is 25.9 Å². The minimum absolute atomic E-state index is 0.0781. The minimum Gasteiger partial charge on any atom is -0.356 e. The molecule has 0 aliphatic rings. The summed E-state index contributed by atoms with van der Waals surface area (Å²) in [4.78, 5) is 16.2. The summed E-state index contributed by atoms with van der Waals surface area (Å²) in [6.07, 6.45) is 2.15. The van der Waals surface area contributed by atoms with E-state index in [1.54, 1.807) is 0 Å². The number of aromatic nitrogens is 2. The minimum atomic E-state index is 0.0781. The molecule has 0 atom stereocenters. The van der Waals surface area contributed by atoms with Gasteiger partial charge in [0.25, 0.3) is 0 Å². The van der Waals surface area contributed by atoms with Crippen LogP contribution in [-0.4, -0.2) is 22.0 Å². The average Bonchev–Trinajstić information content (AvgIpc) is 2.99. The monoisotopic (exact) mass is 389 g/mol. The average molecular weight is 390 g/mol. The highest BCUT2D eigenvalue weighted by Crippen LogP contribution is 2.25. The van der Waals surface area contributed by atoms with E-state index in [1.807, 2.05) is 43.3 Å². The molecular weight excluding hydrogens is 369 g/mol. The predicted molar refractivity (Wildman–Crippen MR) is 107 cm³/mol. The third-order valence-electron chi connectivity index (χ3n) is 4.28. The fourth-order valence-corrected chi connectivity index (χ4v) is 3.23. The van der Waals surface area contributed by atoms with E-state index in [0.29, 0.717) is 29.6 Å². The summed E-state index contributed by atoms with van der Waals surface area (Å²) in [6.45, 7) is 3.18. The van der Waals surface area contributed by atoms with Gasteiger partial charge in [-0.25, -0.2) is 4.98 Å². The van der Waals surface area contributed by atoms with Gasteiger partial charge in [-0.2, -0.15) is 0 Å². The molecule has 3 rings (SSSR count). The van der Waals surface area contributed by atoms with Crippen molar-refractivity contribution in [3.63, 3.8) is 0 Å². The van der Waals surface area contributed by atoms with E-state index in [0.717, 1.165) is 35.3 Å². The number of fused-ring (bicyclic) bond motifs is 1. The number of hydrogen-bond acceptors (Lipinski definition) is 2. The number of amides is 1. The largest absolute Gasteiger partial charge is 0.356 e. The molecule has 1 N–H and O–H groups in total. The van der Waals surface area contributed by atoms with Gasteiger partial charge >= 0.3 is 0 Å². The quantitative estimate of drug-likeness (QED) is 0.587. The number of para-hydroxylation sites is 2. The normalized spacial score (nSPS) is 11.0. The molecule has 0 saturated heterocycles. The van der Waals surface area contributed by atoms with E-state index in [2.05, 4.69) is 16.0 Å². The van der Waals surface area contributed by atoms with Gasteiger partial charge in [-0.15, -0.1) is 0 Å². The van der Waals surface area contributed by atoms with Crippen LogP contribution in [0.25, 0.3) is 11.0 Å². The zero-order valence-corrected chi connectivity index (χ0v) is 16.1. The van der Waals surface area contributed by atoms with Crippen LogP contribution in [0.1, 0.15) is 31.2 Å². The molecule has 0 bridgehead atoms. The maximum absolute atomic E-state index is 11.4. The molecule has 0 radical (unpaired) electrons. The Morgan fingerprint density at radius 2 is 1.96 bits per heavy atom. The van der Waals surface area contributed by atoms with Crippen molar-refractivity contribution in [2.45, 2.75) is 32.7 Å². The Morgan fingerprint density at radius 3 is 2.73 bits per heavy atom. The molecule has 4 nitrogen and oxygen atoms in total. The summed E-state index contributed by atoms with van der Waals surface area (Å²) in [5, 5.41) is 4.02.